The molecule has 9 atom stereocenters. The Morgan fingerprint density at radius 2 is 0.522 bits per heavy atom. The van der Waals surface area contributed by atoms with Gasteiger partial charge < -0.3 is 68.9 Å². The van der Waals surface area contributed by atoms with Crippen molar-refractivity contribution in [3.05, 3.63) is 0 Å². The third-order valence-corrected chi connectivity index (χ3v) is 10.8. The first kappa shape index (κ1) is 46.1. The fourth-order valence-electron chi connectivity index (χ4n) is 4.02. The maximum Gasteiger partial charge on any atom is 0.611 e. The first-order chi connectivity index (χ1) is 21.0. The van der Waals surface area contributed by atoms with Crippen LogP contribution in [0.1, 0.15) is 62.3 Å². The van der Waals surface area contributed by atoms with Crippen molar-refractivity contribution in [3.8, 4) is 0 Å². The van der Waals surface area contributed by atoms with E-state index in [9.17, 15) is 0 Å². The van der Waals surface area contributed by atoms with Gasteiger partial charge in [-0.3, -0.25) is 0 Å². The number of hydrogen-bond donors (Lipinski definition) is 0. The zero-order chi connectivity index (χ0) is 35.9. The van der Waals surface area contributed by atoms with Gasteiger partial charge >= 0.3 is 33.0 Å². The average Bonchev–Trinajstić information content (AvgIpc) is 2.85. The Morgan fingerprint density at radius 3 is 0.717 bits per heavy atom. The summed E-state index contributed by atoms with van der Waals surface area (Å²) < 4.78 is 87.5. The molecule has 0 spiro atoms. The normalized spacial score (nSPS) is 19.2. The summed E-state index contributed by atoms with van der Waals surface area (Å²) in [6.45, 7) is 27.0. The lowest BCUT2D eigenvalue weighted by Crippen LogP contribution is -2.56. The van der Waals surface area contributed by atoms with Crippen molar-refractivity contribution < 1.29 is 68.9 Å². The molecular formula is C27H63BO15Si3. The minimum absolute atomic E-state index is 0.442. The van der Waals surface area contributed by atoms with Gasteiger partial charge in [0.15, 0.2) is 37.7 Å². The standard InChI is InChI=1S/C27H63BO15Si3/c1-19(29-10)32-22(4)35-25(7)38-44(13,14)41-28(42-45(15,16)39-26(8)36-23(5)33-20(2)30-11)43-46(17,18)40-27(9)37-24(6)34-21(3)31-12/h19-27H,1-18H3. The van der Waals surface area contributed by atoms with E-state index in [1.165, 1.54) is 0 Å². The summed E-state index contributed by atoms with van der Waals surface area (Å²) in [6, 6.07) is 0. The van der Waals surface area contributed by atoms with E-state index >= 15 is 0 Å². The highest BCUT2D eigenvalue weighted by Crippen LogP contribution is 2.23. The molecule has 0 fully saturated rings. The van der Waals surface area contributed by atoms with Crippen molar-refractivity contribution in [1.29, 1.82) is 0 Å². The molecule has 0 aliphatic heterocycles. The molecule has 0 N–H and O–H groups in total. The Morgan fingerprint density at radius 1 is 0.326 bits per heavy atom. The van der Waals surface area contributed by atoms with E-state index in [2.05, 4.69) is 0 Å². The summed E-state index contributed by atoms with van der Waals surface area (Å²) >= 11 is 0. The van der Waals surface area contributed by atoms with E-state index in [4.69, 9.17) is 68.9 Å². The van der Waals surface area contributed by atoms with Gasteiger partial charge in [-0.2, -0.15) is 0 Å². The molecule has 276 valence electrons. The zero-order valence-electron chi connectivity index (χ0n) is 31.4. The van der Waals surface area contributed by atoms with Crippen LogP contribution < -0.4 is 0 Å². The topological polar surface area (TPSA) is 138 Å². The molecule has 9 unspecified atom stereocenters. The van der Waals surface area contributed by atoms with Crippen LogP contribution in [-0.4, -0.2) is 111 Å². The molecule has 19 heteroatoms. The molecule has 0 aromatic heterocycles. The second-order valence-corrected chi connectivity index (χ2v) is 21.6. The summed E-state index contributed by atoms with van der Waals surface area (Å²) in [6.07, 6.45) is -5.09. The highest BCUT2D eigenvalue weighted by Gasteiger charge is 2.46. The quantitative estimate of drug-likeness (QED) is 0.0797. The van der Waals surface area contributed by atoms with Crippen LogP contribution >= 0.6 is 0 Å². The number of ether oxygens (including phenoxy) is 9. The second kappa shape index (κ2) is 22.0. The van der Waals surface area contributed by atoms with Crippen LogP contribution in [0.15, 0.2) is 0 Å². The predicted octanol–water partition coefficient (Wildman–Crippen LogP) is 5.33. The monoisotopic (exact) mass is 722 g/mol. The van der Waals surface area contributed by atoms with E-state index in [1.54, 1.807) is 83.6 Å². The lowest BCUT2D eigenvalue weighted by atomic mass is 10.3. The fraction of sp³-hybridized carbons (Fsp3) is 1.00. The molecule has 0 aliphatic carbocycles. The van der Waals surface area contributed by atoms with Gasteiger partial charge in [-0.1, -0.05) is 0 Å². The fourth-order valence-corrected chi connectivity index (χ4v) is 8.71. The second-order valence-electron chi connectivity index (χ2n) is 11.8. The highest BCUT2D eigenvalue weighted by atomic mass is 28.4. The highest BCUT2D eigenvalue weighted by molar-refractivity contribution is 6.79. The third-order valence-electron chi connectivity index (χ3n) is 5.78. The van der Waals surface area contributed by atoms with Crippen molar-refractivity contribution >= 4 is 33.0 Å². The molecule has 46 heavy (non-hydrogen) atoms. The van der Waals surface area contributed by atoms with Crippen LogP contribution in [0.25, 0.3) is 0 Å². The third kappa shape index (κ3) is 22.7. The summed E-state index contributed by atoms with van der Waals surface area (Å²) in [7, 11) is -5.49. The van der Waals surface area contributed by atoms with Gasteiger partial charge in [0.2, 0.25) is 0 Å². The zero-order valence-corrected chi connectivity index (χ0v) is 34.4. The largest absolute Gasteiger partial charge is 0.611 e. The summed E-state index contributed by atoms with van der Waals surface area (Å²) in [5.74, 6) is 0. The van der Waals surface area contributed by atoms with Crippen molar-refractivity contribution in [1.82, 2.24) is 0 Å². The summed E-state index contributed by atoms with van der Waals surface area (Å²) in [5, 5.41) is 0. The van der Waals surface area contributed by atoms with Gasteiger partial charge in [-0.25, -0.2) is 0 Å². The molecule has 0 saturated carbocycles. The van der Waals surface area contributed by atoms with E-state index < -0.39 is 89.6 Å². The molecule has 0 bridgehead atoms. The Kier molecular flexibility index (Phi) is 22.1. The Labute approximate surface area is 281 Å². The van der Waals surface area contributed by atoms with E-state index in [1.807, 2.05) is 39.3 Å². The molecule has 0 saturated heterocycles. The van der Waals surface area contributed by atoms with Crippen LogP contribution in [0.2, 0.25) is 39.3 Å². The van der Waals surface area contributed by atoms with E-state index in [0.29, 0.717) is 0 Å². The molecule has 0 rings (SSSR count). The smallest absolute Gasteiger partial charge is 0.408 e. The Balaban J connectivity index is 5.72. The molecule has 0 aromatic rings. The predicted molar refractivity (Wildman–Crippen MR) is 177 cm³/mol. The van der Waals surface area contributed by atoms with E-state index in [0.717, 1.165) is 0 Å². The van der Waals surface area contributed by atoms with Crippen molar-refractivity contribution in [3.63, 3.8) is 0 Å². The SMILES string of the molecule is COC(C)OC(C)OC(C)O[Si](C)(C)OB(O[Si](C)(C)OC(C)OC(C)OC(C)OC)O[Si](C)(C)OC(C)OC(C)OC(C)OC. The number of rotatable bonds is 27. The first-order valence-corrected chi connectivity index (χ1v) is 24.0. The lowest BCUT2D eigenvalue weighted by molar-refractivity contribution is -0.263. The Bertz CT molecular complexity index is 704. The van der Waals surface area contributed by atoms with Crippen LogP contribution in [-0.2, 0) is 68.9 Å². The van der Waals surface area contributed by atoms with Crippen LogP contribution in [0.3, 0.4) is 0 Å². The van der Waals surface area contributed by atoms with Gasteiger partial charge in [0, 0.05) is 21.3 Å². The van der Waals surface area contributed by atoms with Gasteiger partial charge in [0.25, 0.3) is 0 Å². The molecule has 0 aliphatic rings. The van der Waals surface area contributed by atoms with Gasteiger partial charge in [0.05, 0.1) is 0 Å². The average molecular weight is 723 g/mol. The molecule has 0 amide bonds. The van der Waals surface area contributed by atoms with Crippen LogP contribution in [0.4, 0.5) is 0 Å². The van der Waals surface area contributed by atoms with Gasteiger partial charge in [-0.15, -0.1) is 0 Å². The van der Waals surface area contributed by atoms with Crippen molar-refractivity contribution in [2.45, 2.75) is 158 Å². The molecule has 0 radical (unpaired) electrons. The number of hydrogen-bond acceptors (Lipinski definition) is 15. The molecule has 0 aromatic carbocycles. The maximum atomic E-state index is 6.40. The molecule has 0 heterocycles. The molecule has 15 nitrogen and oxygen atoms in total. The van der Waals surface area contributed by atoms with Crippen molar-refractivity contribution in [2.24, 2.45) is 0 Å². The van der Waals surface area contributed by atoms with Crippen LogP contribution in [0.5, 0.6) is 0 Å². The van der Waals surface area contributed by atoms with Gasteiger partial charge in [-0.05, 0) is 102 Å². The minimum atomic E-state index is -2.98. The minimum Gasteiger partial charge on any atom is -0.408 e. The lowest BCUT2D eigenvalue weighted by Gasteiger charge is -2.37. The first-order valence-electron chi connectivity index (χ1n) is 15.6. The maximum absolute atomic E-state index is 6.40. The summed E-state index contributed by atoms with van der Waals surface area (Å²) in [5.41, 5.74) is 0. The summed E-state index contributed by atoms with van der Waals surface area (Å²) in [4.78, 5) is 0. The number of methoxy groups -OCH3 is 3. The molecular weight excluding hydrogens is 659 g/mol. The Hall–Kier alpha value is 0.116. The van der Waals surface area contributed by atoms with E-state index in [-0.39, 0.29) is 0 Å². The van der Waals surface area contributed by atoms with Gasteiger partial charge in [0.1, 0.15) is 18.9 Å². The van der Waals surface area contributed by atoms with Crippen LogP contribution in [0, 0.1) is 0 Å². The van der Waals surface area contributed by atoms with Crippen molar-refractivity contribution in [2.75, 3.05) is 21.3 Å².